The molecule has 0 aliphatic rings. The van der Waals surface area contributed by atoms with Crippen LogP contribution in [-0.4, -0.2) is 33.1 Å². The van der Waals surface area contributed by atoms with E-state index in [1.165, 1.54) is 17.9 Å². The monoisotopic (exact) mass is 277 g/mol. The average Bonchev–Trinajstić information content (AvgIpc) is 2.79. The first-order chi connectivity index (χ1) is 9.69. The molecule has 0 fully saturated rings. The Morgan fingerprint density at radius 2 is 2.20 bits per heavy atom. The number of hydrogen-bond donors (Lipinski definition) is 0. The van der Waals surface area contributed by atoms with E-state index >= 15 is 0 Å². The van der Waals surface area contributed by atoms with Crippen molar-refractivity contribution in [3.63, 3.8) is 0 Å². The molecule has 0 saturated heterocycles. The number of aryl methyl sites for hydroxylation is 1. The molecule has 0 aliphatic heterocycles. The van der Waals surface area contributed by atoms with Crippen LogP contribution in [0.25, 0.3) is 5.69 Å². The molecular formula is C12H15N5O3. The number of oxime groups is 1. The SMILES string of the molecule is CC=NOCc1c(OC)cccc1-n1nnn(C)c1=O. The van der Waals surface area contributed by atoms with Crippen LogP contribution in [-0.2, 0) is 18.5 Å². The number of benzene rings is 1. The maximum absolute atomic E-state index is 11.9. The van der Waals surface area contributed by atoms with Gasteiger partial charge in [0.25, 0.3) is 0 Å². The Balaban J connectivity index is 2.51. The highest BCUT2D eigenvalue weighted by atomic mass is 16.6. The summed E-state index contributed by atoms with van der Waals surface area (Å²) in [5.41, 5.74) is 0.871. The lowest BCUT2D eigenvalue weighted by Gasteiger charge is -2.11. The molecule has 0 atom stereocenters. The van der Waals surface area contributed by atoms with Gasteiger partial charge in [0.2, 0.25) is 0 Å². The molecule has 0 bridgehead atoms. The molecular weight excluding hydrogens is 262 g/mol. The van der Waals surface area contributed by atoms with E-state index in [9.17, 15) is 4.79 Å². The predicted octanol–water partition coefficient (Wildman–Crippen LogP) is 0.497. The van der Waals surface area contributed by atoms with Crippen LogP contribution >= 0.6 is 0 Å². The number of nitrogens with zero attached hydrogens (tertiary/aromatic N) is 5. The van der Waals surface area contributed by atoms with Crippen molar-refractivity contribution < 1.29 is 9.57 Å². The van der Waals surface area contributed by atoms with Crippen LogP contribution in [0.15, 0.2) is 28.1 Å². The molecule has 2 aromatic rings. The summed E-state index contributed by atoms with van der Waals surface area (Å²) in [5, 5.41) is 11.2. The van der Waals surface area contributed by atoms with E-state index in [4.69, 9.17) is 9.57 Å². The van der Waals surface area contributed by atoms with Gasteiger partial charge in [0.05, 0.1) is 18.4 Å². The van der Waals surface area contributed by atoms with E-state index in [0.29, 0.717) is 17.0 Å². The van der Waals surface area contributed by atoms with Crippen LogP contribution in [0.1, 0.15) is 12.5 Å². The lowest BCUT2D eigenvalue weighted by atomic mass is 10.1. The number of aromatic nitrogens is 4. The van der Waals surface area contributed by atoms with Gasteiger partial charge in [-0.25, -0.2) is 4.79 Å². The van der Waals surface area contributed by atoms with Crippen LogP contribution in [0.2, 0.25) is 0 Å². The maximum Gasteiger partial charge on any atom is 0.368 e. The molecule has 0 unspecified atom stereocenters. The molecule has 0 N–H and O–H groups in total. The summed E-state index contributed by atoms with van der Waals surface area (Å²) < 4.78 is 7.62. The highest BCUT2D eigenvalue weighted by molar-refractivity contribution is 5.52. The zero-order chi connectivity index (χ0) is 14.5. The zero-order valence-electron chi connectivity index (χ0n) is 11.5. The smallest absolute Gasteiger partial charge is 0.368 e. The fourth-order valence-corrected chi connectivity index (χ4v) is 1.73. The minimum Gasteiger partial charge on any atom is -0.496 e. The first-order valence-electron chi connectivity index (χ1n) is 5.94. The maximum atomic E-state index is 11.9. The van der Waals surface area contributed by atoms with Gasteiger partial charge in [-0.2, -0.15) is 9.36 Å². The van der Waals surface area contributed by atoms with E-state index in [1.807, 2.05) is 0 Å². The van der Waals surface area contributed by atoms with Crippen LogP contribution in [0.3, 0.4) is 0 Å². The summed E-state index contributed by atoms with van der Waals surface area (Å²) >= 11 is 0. The third-order valence-electron chi connectivity index (χ3n) is 2.67. The Bertz CT molecular complexity index is 674. The van der Waals surface area contributed by atoms with Crippen molar-refractivity contribution in [2.45, 2.75) is 13.5 Å². The molecule has 0 amide bonds. The van der Waals surface area contributed by atoms with Gasteiger partial charge in [0.1, 0.15) is 12.4 Å². The van der Waals surface area contributed by atoms with Crippen LogP contribution < -0.4 is 10.4 Å². The standard InChI is InChI=1S/C12H15N5O3/c1-4-13-20-8-9-10(6-5-7-11(9)19-3)17-12(18)16(2)14-15-17/h4-7H,8H2,1-3H3. The Labute approximate surface area is 115 Å². The van der Waals surface area contributed by atoms with Crippen molar-refractivity contribution in [1.29, 1.82) is 0 Å². The highest BCUT2D eigenvalue weighted by Gasteiger charge is 2.15. The molecule has 1 aromatic heterocycles. The number of tetrazole rings is 1. The van der Waals surface area contributed by atoms with E-state index in [0.717, 1.165) is 4.68 Å². The van der Waals surface area contributed by atoms with Crippen molar-refractivity contribution in [3.05, 3.63) is 34.2 Å². The summed E-state index contributed by atoms with van der Waals surface area (Å²) in [6.07, 6.45) is 1.53. The van der Waals surface area contributed by atoms with Gasteiger partial charge in [0, 0.05) is 13.3 Å². The van der Waals surface area contributed by atoms with E-state index in [2.05, 4.69) is 15.6 Å². The molecule has 0 spiro atoms. The molecule has 0 aliphatic carbocycles. The molecule has 2 rings (SSSR count). The second-order valence-corrected chi connectivity index (χ2v) is 3.89. The normalized spacial score (nSPS) is 10.9. The fourth-order valence-electron chi connectivity index (χ4n) is 1.73. The Morgan fingerprint density at radius 1 is 1.40 bits per heavy atom. The first kappa shape index (κ1) is 13.8. The topological polar surface area (TPSA) is 83.5 Å². The molecule has 20 heavy (non-hydrogen) atoms. The predicted molar refractivity (Wildman–Crippen MR) is 72.1 cm³/mol. The summed E-state index contributed by atoms with van der Waals surface area (Å²) in [6, 6.07) is 5.29. The molecule has 0 radical (unpaired) electrons. The van der Waals surface area contributed by atoms with Crippen LogP contribution in [0, 0.1) is 0 Å². The largest absolute Gasteiger partial charge is 0.496 e. The van der Waals surface area contributed by atoms with Gasteiger partial charge in [-0.3, -0.25) is 0 Å². The van der Waals surface area contributed by atoms with Gasteiger partial charge >= 0.3 is 5.69 Å². The molecule has 1 heterocycles. The van der Waals surface area contributed by atoms with Crippen molar-refractivity contribution in [3.8, 4) is 11.4 Å². The number of methoxy groups -OCH3 is 1. The fraction of sp³-hybridized carbons (Fsp3) is 0.333. The Hall–Kier alpha value is -2.64. The van der Waals surface area contributed by atoms with Gasteiger partial charge in [0.15, 0.2) is 0 Å². The first-order valence-corrected chi connectivity index (χ1v) is 5.94. The second-order valence-electron chi connectivity index (χ2n) is 3.89. The summed E-state index contributed by atoms with van der Waals surface area (Å²) in [4.78, 5) is 17.1. The summed E-state index contributed by atoms with van der Waals surface area (Å²) in [7, 11) is 3.08. The van der Waals surface area contributed by atoms with Crippen molar-refractivity contribution in [1.82, 2.24) is 19.8 Å². The van der Waals surface area contributed by atoms with Crippen molar-refractivity contribution in [2.75, 3.05) is 7.11 Å². The van der Waals surface area contributed by atoms with Gasteiger partial charge in [-0.05, 0) is 29.5 Å². The minimum absolute atomic E-state index is 0.159. The molecule has 106 valence electrons. The molecule has 8 nitrogen and oxygen atoms in total. The Kier molecular flexibility index (Phi) is 4.14. The van der Waals surface area contributed by atoms with Gasteiger partial charge < -0.3 is 9.57 Å². The third-order valence-corrected chi connectivity index (χ3v) is 2.67. The van der Waals surface area contributed by atoms with Crippen LogP contribution in [0.4, 0.5) is 0 Å². The number of ether oxygens (including phenoxy) is 1. The van der Waals surface area contributed by atoms with E-state index in [1.54, 1.807) is 32.2 Å². The summed E-state index contributed by atoms with van der Waals surface area (Å²) in [6.45, 7) is 1.91. The lowest BCUT2D eigenvalue weighted by molar-refractivity contribution is 0.129. The summed E-state index contributed by atoms with van der Waals surface area (Å²) in [5.74, 6) is 0.589. The van der Waals surface area contributed by atoms with Crippen LogP contribution in [0.5, 0.6) is 5.75 Å². The van der Waals surface area contributed by atoms with E-state index in [-0.39, 0.29) is 12.3 Å². The van der Waals surface area contributed by atoms with Crippen molar-refractivity contribution >= 4 is 6.21 Å². The minimum atomic E-state index is -0.349. The third kappa shape index (κ3) is 2.53. The van der Waals surface area contributed by atoms with E-state index < -0.39 is 0 Å². The number of hydrogen-bond acceptors (Lipinski definition) is 6. The lowest BCUT2D eigenvalue weighted by Crippen LogP contribution is -2.23. The van der Waals surface area contributed by atoms with Gasteiger partial charge in [-0.15, -0.1) is 0 Å². The van der Waals surface area contributed by atoms with Crippen molar-refractivity contribution in [2.24, 2.45) is 12.2 Å². The number of rotatable bonds is 5. The molecule has 0 saturated carbocycles. The zero-order valence-corrected chi connectivity index (χ0v) is 11.5. The molecule has 8 heteroatoms. The molecule has 1 aromatic carbocycles. The Morgan fingerprint density at radius 3 is 2.80 bits per heavy atom. The average molecular weight is 277 g/mol. The highest BCUT2D eigenvalue weighted by Crippen LogP contribution is 2.25. The van der Waals surface area contributed by atoms with Gasteiger partial charge in [-0.1, -0.05) is 11.2 Å². The quantitative estimate of drug-likeness (QED) is 0.587. The second kappa shape index (κ2) is 6.00.